The van der Waals surface area contributed by atoms with E-state index in [9.17, 15) is 15.0 Å². The second-order valence-corrected chi connectivity index (χ2v) is 5.83. The third-order valence-electron chi connectivity index (χ3n) is 3.91. The highest BCUT2D eigenvalue weighted by Gasteiger charge is 2.00. The van der Waals surface area contributed by atoms with Gasteiger partial charge in [-0.3, -0.25) is 4.79 Å². The maximum absolute atomic E-state index is 10.1. The number of phenolic OH excluding ortho intramolecular Hbond substituents is 2. The highest BCUT2D eigenvalue weighted by molar-refractivity contribution is 5.45. The van der Waals surface area contributed by atoms with Gasteiger partial charge in [0.2, 0.25) is 6.41 Å². The molecule has 0 fully saturated rings. The van der Waals surface area contributed by atoms with E-state index < -0.39 is 0 Å². The van der Waals surface area contributed by atoms with E-state index in [0.29, 0.717) is 0 Å². The van der Waals surface area contributed by atoms with E-state index in [0.717, 1.165) is 37.8 Å². The molecule has 0 unspecified atom stereocenters. The number of aryl methyl sites for hydroxylation is 1. The van der Waals surface area contributed by atoms with Gasteiger partial charge in [0.05, 0.1) is 0 Å². The van der Waals surface area contributed by atoms with Gasteiger partial charge in [-0.05, 0) is 37.0 Å². The maximum atomic E-state index is 10.1. The van der Waals surface area contributed by atoms with Gasteiger partial charge in [-0.2, -0.15) is 0 Å². The summed E-state index contributed by atoms with van der Waals surface area (Å²) in [4.78, 5) is 10.1. The second-order valence-electron chi connectivity index (χ2n) is 5.83. The van der Waals surface area contributed by atoms with Gasteiger partial charge in [0, 0.05) is 6.54 Å². The van der Waals surface area contributed by atoms with Crippen LogP contribution in [0, 0.1) is 0 Å². The van der Waals surface area contributed by atoms with Crippen molar-refractivity contribution in [1.29, 1.82) is 0 Å². The van der Waals surface area contributed by atoms with Crippen molar-refractivity contribution in [2.45, 2.75) is 64.2 Å². The lowest BCUT2D eigenvalue weighted by atomic mass is 10.0. The molecule has 1 aromatic rings. The first-order chi connectivity index (χ1) is 10.7. The summed E-state index contributed by atoms with van der Waals surface area (Å²) in [5.74, 6) is -0.0773. The van der Waals surface area contributed by atoms with Gasteiger partial charge in [-0.15, -0.1) is 0 Å². The summed E-state index contributed by atoms with van der Waals surface area (Å²) in [7, 11) is 0. The Hall–Kier alpha value is -1.71. The quantitative estimate of drug-likeness (QED) is 0.294. The zero-order valence-corrected chi connectivity index (χ0v) is 13.4. The molecule has 0 spiro atoms. The van der Waals surface area contributed by atoms with Crippen molar-refractivity contribution >= 4 is 6.41 Å². The molecule has 0 aliphatic heterocycles. The lowest BCUT2D eigenvalue weighted by molar-refractivity contribution is -0.109. The average molecular weight is 307 g/mol. The number of carbonyl (C=O) groups excluding carboxylic acids is 1. The van der Waals surface area contributed by atoms with Gasteiger partial charge in [-0.1, -0.05) is 51.0 Å². The third-order valence-corrected chi connectivity index (χ3v) is 3.91. The van der Waals surface area contributed by atoms with Crippen LogP contribution >= 0.6 is 0 Å². The van der Waals surface area contributed by atoms with Crippen molar-refractivity contribution in [1.82, 2.24) is 5.32 Å². The monoisotopic (exact) mass is 307 g/mol. The van der Waals surface area contributed by atoms with Crippen LogP contribution in [0.2, 0.25) is 0 Å². The lowest BCUT2D eigenvalue weighted by Crippen LogP contribution is -2.11. The predicted molar refractivity (Wildman–Crippen MR) is 89.1 cm³/mol. The minimum Gasteiger partial charge on any atom is -0.504 e. The zero-order valence-electron chi connectivity index (χ0n) is 13.4. The highest BCUT2D eigenvalue weighted by atomic mass is 16.3. The van der Waals surface area contributed by atoms with Crippen LogP contribution in [0.1, 0.15) is 63.4 Å². The van der Waals surface area contributed by atoms with Crippen LogP contribution in [-0.4, -0.2) is 23.2 Å². The van der Waals surface area contributed by atoms with Gasteiger partial charge in [-0.25, -0.2) is 0 Å². The Labute approximate surface area is 133 Å². The first-order valence-corrected chi connectivity index (χ1v) is 8.42. The fourth-order valence-corrected chi connectivity index (χ4v) is 2.58. The van der Waals surface area contributed by atoms with Crippen molar-refractivity contribution in [3.63, 3.8) is 0 Å². The molecule has 4 heteroatoms. The number of aromatic hydroxyl groups is 2. The Morgan fingerprint density at radius 2 is 1.41 bits per heavy atom. The molecule has 0 aromatic heterocycles. The molecule has 124 valence electrons. The lowest BCUT2D eigenvalue weighted by Gasteiger charge is -2.04. The number of carbonyl (C=O) groups is 1. The minimum atomic E-state index is -0.0503. The number of rotatable bonds is 13. The van der Waals surface area contributed by atoms with Crippen molar-refractivity contribution < 1.29 is 15.0 Å². The summed E-state index contributed by atoms with van der Waals surface area (Å²) < 4.78 is 0. The number of nitrogens with one attached hydrogen (secondary N) is 1. The third kappa shape index (κ3) is 8.55. The summed E-state index contributed by atoms with van der Waals surface area (Å²) >= 11 is 0. The number of phenols is 2. The van der Waals surface area contributed by atoms with E-state index in [-0.39, 0.29) is 11.5 Å². The molecule has 3 N–H and O–H groups in total. The van der Waals surface area contributed by atoms with Crippen LogP contribution in [0.25, 0.3) is 0 Å². The molecule has 22 heavy (non-hydrogen) atoms. The van der Waals surface area contributed by atoms with E-state index in [4.69, 9.17) is 0 Å². The summed E-state index contributed by atoms with van der Waals surface area (Å²) in [6.45, 7) is 0.802. The van der Waals surface area contributed by atoms with Crippen LogP contribution in [0.5, 0.6) is 11.5 Å². The first kappa shape index (κ1) is 18.3. The number of unbranched alkanes of at least 4 members (excludes halogenated alkanes) is 8. The molecule has 1 amide bonds. The number of benzene rings is 1. The van der Waals surface area contributed by atoms with Gasteiger partial charge >= 0.3 is 0 Å². The van der Waals surface area contributed by atoms with Crippen LogP contribution in [0.4, 0.5) is 0 Å². The Morgan fingerprint density at radius 3 is 2.00 bits per heavy atom. The van der Waals surface area contributed by atoms with Crippen molar-refractivity contribution in [2.75, 3.05) is 6.54 Å². The van der Waals surface area contributed by atoms with Crippen molar-refractivity contribution in [2.24, 2.45) is 0 Å². The molecule has 0 aliphatic rings. The van der Waals surface area contributed by atoms with E-state index in [1.165, 1.54) is 44.9 Å². The largest absolute Gasteiger partial charge is 0.504 e. The van der Waals surface area contributed by atoms with E-state index in [1.807, 2.05) is 6.07 Å². The van der Waals surface area contributed by atoms with Gasteiger partial charge in [0.1, 0.15) is 0 Å². The van der Waals surface area contributed by atoms with Gasteiger partial charge in [0.25, 0.3) is 0 Å². The van der Waals surface area contributed by atoms with Crippen molar-refractivity contribution in [3.05, 3.63) is 23.8 Å². The van der Waals surface area contributed by atoms with Crippen LogP contribution in [-0.2, 0) is 11.2 Å². The first-order valence-electron chi connectivity index (χ1n) is 8.42. The average Bonchev–Trinajstić information content (AvgIpc) is 2.52. The second kappa shape index (κ2) is 11.9. The normalized spacial score (nSPS) is 10.5. The Balaban J connectivity index is 1.89. The van der Waals surface area contributed by atoms with Crippen LogP contribution in [0.15, 0.2) is 18.2 Å². The summed E-state index contributed by atoms with van der Waals surface area (Å²) in [5.41, 5.74) is 1.08. The Kier molecular flexibility index (Phi) is 9.92. The number of hydrogen-bond donors (Lipinski definition) is 3. The van der Waals surface area contributed by atoms with Gasteiger partial charge in [0.15, 0.2) is 11.5 Å². The molecule has 0 aliphatic carbocycles. The molecule has 4 nitrogen and oxygen atoms in total. The smallest absolute Gasteiger partial charge is 0.207 e. The highest BCUT2D eigenvalue weighted by Crippen LogP contribution is 2.25. The number of hydrogen-bond acceptors (Lipinski definition) is 3. The van der Waals surface area contributed by atoms with Crippen LogP contribution in [0.3, 0.4) is 0 Å². The fraction of sp³-hybridized carbons (Fsp3) is 0.611. The number of amides is 1. The van der Waals surface area contributed by atoms with E-state index in [1.54, 1.807) is 12.1 Å². The SMILES string of the molecule is O=CNCCCCCCCCCCCc1ccc(O)c(O)c1. The Morgan fingerprint density at radius 1 is 0.818 bits per heavy atom. The van der Waals surface area contributed by atoms with Crippen molar-refractivity contribution in [3.8, 4) is 11.5 Å². The predicted octanol–water partition coefficient (Wildman–Crippen LogP) is 3.90. The summed E-state index contributed by atoms with van der Waals surface area (Å²) in [5, 5.41) is 21.4. The minimum absolute atomic E-state index is 0.0270. The topological polar surface area (TPSA) is 69.6 Å². The molecular formula is C18H29NO3. The molecule has 0 saturated heterocycles. The zero-order chi connectivity index (χ0) is 16.0. The molecule has 0 bridgehead atoms. The molecular weight excluding hydrogens is 278 g/mol. The van der Waals surface area contributed by atoms with Crippen LogP contribution < -0.4 is 5.32 Å². The van der Waals surface area contributed by atoms with E-state index >= 15 is 0 Å². The summed E-state index contributed by atoms with van der Waals surface area (Å²) in [6.07, 6.45) is 12.7. The molecule has 1 rings (SSSR count). The Bertz CT molecular complexity index is 421. The molecule has 0 heterocycles. The summed E-state index contributed by atoms with van der Waals surface area (Å²) in [6, 6.07) is 5.07. The van der Waals surface area contributed by atoms with Gasteiger partial charge < -0.3 is 15.5 Å². The maximum Gasteiger partial charge on any atom is 0.207 e. The molecule has 0 saturated carbocycles. The molecule has 0 radical (unpaired) electrons. The molecule has 1 aromatic carbocycles. The standard InChI is InChI=1S/C18H29NO3/c20-15-19-13-9-7-5-3-1-2-4-6-8-10-16-11-12-17(21)18(22)14-16/h11-12,14-15,21-22H,1-10,13H2,(H,19,20). The molecule has 0 atom stereocenters. The van der Waals surface area contributed by atoms with E-state index in [2.05, 4.69) is 5.32 Å². The fourth-order valence-electron chi connectivity index (χ4n) is 2.58.